The van der Waals surface area contributed by atoms with Crippen LogP contribution in [-0.2, 0) is 9.31 Å². The highest BCUT2D eigenvalue weighted by atomic mass is 16.7. The predicted molar refractivity (Wildman–Crippen MR) is 90.0 cm³/mol. The molecule has 0 aromatic heterocycles. The lowest BCUT2D eigenvalue weighted by molar-refractivity contribution is 0.00578. The van der Waals surface area contributed by atoms with Crippen LogP contribution in [0.25, 0.3) is 5.47 Å². The van der Waals surface area contributed by atoms with Crippen molar-refractivity contribution in [1.29, 1.82) is 0 Å². The van der Waals surface area contributed by atoms with Crippen LogP contribution in [0.5, 0.6) is 0 Å². The quantitative estimate of drug-likeness (QED) is 0.730. The second kappa shape index (κ2) is 5.29. The van der Waals surface area contributed by atoms with E-state index >= 15 is 0 Å². The first kappa shape index (κ1) is 16.3. The fourth-order valence-electron chi connectivity index (χ4n) is 2.35. The van der Waals surface area contributed by atoms with Crippen molar-refractivity contribution in [3.05, 3.63) is 42.0 Å². The number of hydrogen-bond acceptors (Lipinski definition) is 2. The molecule has 0 aliphatic carbocycles. The number of rotatable bonds is 2. The molecule has 114 valence electrons. The maximum atomic E-state index is 6.24. The van der Waals surface area contributed by atoms with E-state index < -0.39 is 0 Å². The van der Waals surface area contributed by atoms with Crippen molar-refractivity contribution in [3.8, 4) is 0 Å². The van der Waals surface area contributed by atoms with Crippen LogP contribution in [0, 0.1) is 5.41 Å². The Morgan fingerprint density at radius 2 is 1.43 bits per heavy atom. The first-order chi connectivity index (χ1) is 9.52. The van der Waals surface area contributed by atoms with Gasteiger partial charge >= 0.3 is 7.12 Å². The van der Waals surface area contributed by atoms with Crippen LogP contribution >= 0.6 is 0 Å². The van der Waals surface area contributed by atoms with E-state index in [0.717, 1.165) is 11.0 Å². The van der Waals surface area contributed by atoms with Crippen LogP contribution < -0.4 is 0 Å². The van der Waals surface area contributed by atoms with Gasteiger partial charge in [-0.25, -0.2) is 0 Å². The topological polar surface area (TPSA) is 18.5 Å². The maximum absolute atomic E-state index is 6.24. The minimum Gasteiger partial charge on any atom is -0.399 e. The lowest BCUT2D eigenvalue weighted by Crippen LogP contribution is -2.41. The summed E-state index contributed by atoms with van der Waals surface area (Å²) < 4.78 is 12.5. The van der Waals surface area contributed by atoms with Crippen LogP contribution in [0.2, 0.25) is 0 Å². The van der Waals surface area contributed by atoms with Gasteiger partial charge < -0.3 is 9.31 Å². The molecule has 0 atom stereocenters. The summed E-state index contributed by atoms with van der Waals surface area (Å²) in [6, 6.07) is 10.4. The Balaban J connectivity index is 2.42. The summed E-state index contributed by atoms with van der Waals surface area (Å²) in [5.74, 6) is 0. The van der Waals surface area contributed by atoms with E-state index in [0.29, 0.717) is 0 Å². The molecule has 0 spiro atoms. The van der Waals surface area contributed by atoms with Crippen molar-refractivity contribution in [2.75, 3.05) is 0 Å². The second-order valence-corrected chi connectivity index (χ2v) is 7.92. The first-order valence-corrected chi connectivity index (χ1v) is 7.66. The average Bonchev–Trinajstić information content (AvgIpc) is 2.55. The molecule has 1 heterocycles. The Hall–Kier alpha value is -1.06. The molecule has 0 bridgehead atoms. The lowest BCUT2D eigenvalue weighted by atomic mass is 9.71. The number of benzene rings is 1. The molecule has 0 saturated carbocycles. The van der Waals surface area contributed by atoms with Gasteiger partial charge in [0, 0.05) is 0 Å². The summed E-state index contributed by atoms with van der Waals surface area (Å²) in [5, 5.41) is 0. The average molecular weight is 286 g/mol. The summed E-state index contributed by atoms with van der Waals surface area (Å²) in [4.78, 5) is 0. The Labute approximate surface area is 129 Å². The van der Waals surface area contributed by atoms with E-state index in [-0.39, 0.29) is 23.7 Å². The van der Waals surface area contributed by atoms with Crippen molar-refractivity contribution in [2.24, 2.45) is 5.41 Å². The van der Waals surface area contributed by atoms with E-state index in [2.05, 4.69) is 78.8 Å². The van der Waals surface area contributed by atoms with Crippen molar-refractivity contribution in [1.82, 2.24) is 0 Å². The molecule has 2 nitrogen and oxygen atoms in total. The molecule has 21 heavy (non-hydrogen) atoms. The Bertz CT molecular complexity index is 508. The lowest BCUT2D eigenvalue weighted by Gasteiger charge is -2.32. The molecule has 1 saturated heterocycles. The van der Waals surface area contributed by atoms with Gasteiger partial charge in [-0.2, -0.15) is 0 Å². The molecule has 1 aromatic carbocycles. The third-order valence-corrected chi connectivity index (χ3v) is 4.20. The first-order valence-electron chi connectivity index (χ1n) is 7.66. The normalized spacial score (nSPS) is 21.7. The van der Waals surface area contributed by atoms with Gasteiger partial charge in [-0.1, -0.05) is 57.2 Å². The van der Waals surface area contributed by atoms with Gasteiger partial charge in [0.1, 0.15) is 0 Å². The fraction of sp³-hybridized carbons (Fsp3) is 0.556. The summed E-state index contributed by atoms with van der Waals surface area (Å²) in [5.41, 5.74) is 1.70. The molecule has 1 fully saturated rings. The van der Waals surface area contributed by atoms with Gasteiger partial charge in [0.2, 0.25) is 0 Å². The highest BCUT2D eigenvalue weighted by Crippen LogP contribution is 2.41. The summed E-state index contributed by atoms with van der Waals surface area (Å²) >= 11 is 0. The number of hydrogen-bond donors (Lipinski definition) is 0. The Kier molecular flexibility index (Phi) is 4.11. The van der Waals surface area contributed by atoms with E-state index in [1.807, 2.05) is 6.07 Å². The largest absolute Gasteiger partial charge is 0.495 e. The molecule has 1 aliphatic rings. The Morgan fingerprint density at radius 3 is 1.86 bits per heavy atom. The Morgan fingerprint density at radius 1 is 0.952 bits per heavy atom. The standard InChI is InChI=1S/C18H27BO2/c1-16(2,3)13-15(14-11-9-8-10-12-14)19-20-17(4,5)18(6,7)21-19/h8-13H,1-7H3/b15-13+. The van der Waals surface area contributed by atoms with Crippen LogP contribution in [0.15, 0.2) is 36.4 Å². The molecule has 0 amide bonds. The highest BCUT2D eigenvalue weighted by Gasteiger charge is 2.52. The summed E-state index contributed by atoms with van der Waals surface area (Å²) in [6.07, 6.45) is 2.25. The van der Waals surface area contributed by atoms with Gasteiger partial charge in [-0.05, 0) is 44.1 Å². The maximum Gasteiger partial charge on any atom is 0.495 e. The van der Waals surface area contributed by atoms with Crippen LogP contribution in [0.3, 0.4) is 0 Å². The summed E-state index contributed by atoms with van der Waals surface area (Å²) in [6.45, 7) is 14.9. The third kappa shape index (κ3) is 3.59. The highest BCUT2D eigenvalue weighted by molar-refractivity contribution is 6.69. The molecule has 0 unspecified atom stereocenters. The third-order valence-electron chi connectivity index (χ3n) is 4.20. The van der Waals surface area contributed by atoms with Crippen LogP contribution in [-0.4, -0.2) is 18.3 Å². The van der Waals surface area contributed by atoms with E-state index in [1.54, 1.807) is 0 Å². The van der Waals surface area contributed by atoms with Crippen molar-refractivity contribution in [3.63, 3.8) is 0 Å². The van der Waals surface area contributed by atoms with Crippen molar-refractivity contribution in [2.45, 2.75) is 59.7 Å². The van der Waals surface area contributed by atoms with Crippen LogP contribution in [0.4, 0.5) is 0 Å². The van der Waals surface area contributed by atoms with E-state index in [1.165, 1.54) is 0 Å². The van der Waals surface area contributed by atoms with Gasteiger partial charge in [-0.15, -0.1) is 0 Å². The number of allylic oxidation sites excluding steroid dienone is 1. The van der Waals surface area contributed by atoms with Crippen molar-refractivity contribution < 1.29 is 9.31 Å². The minimum absolute atomic E-state index is 0.0643. The minimum atomic E-state index is -0.323. The molecule has 3 heteroatoms. The second-order valence-electron chi connectivity index (χ2n) is 7.92. The van der Waals surface area contributed by atoms with Crippen molar-refractivity contribution >= 4 is 12.6 Å². The zero-order chi connectivity index (χ0) is 15.9. The zero-order valence-corrected chi connectivity index (χ0v) is 14.4. The molecular formula is C18H27BO2. The SMILES string of the molecule is CC(C)(C)/C=C(/B1OC(C)(C)C(C)(C)O1)c1ccccc1. The molecule has 0 radical (unpaired) electrons. The molecule has 0 N–H and O–H groups in total. The fourth-order valence-corrected chi connectivity index (χ4v) is 2.35. The molecular weight excluding hydrogens is 259 g/mol. The zero-order valence-electron chi connectivity index (χ0n) is 14.4. The smallest absolute Gasteiger partial charge is 0.399 e. The van der Waals surface area contributed by atoms with Crippen LogP contribution in [0.1, 0.15) is 54.0 Å². The van der Waals surface area contributed by atoms with Gasteiger partial charge in [0.05, 0.1) is 11.2 Å². The monoisotopic (exact) mass is 286 g/mol. The van der Waals surface area contributed by atoms with Gasteiger partial charge in [0.25, 0.3) is 0 Å². The molecule has 1 aliphatic heterocycles. The summed E-state index contributed by atoms with van der Waals surface area (Å²) in [7, 11) is -0.323. The van der Waals surface area contributed by atoms with Gasteiger partial charge in [0.15, 0.2) is 0 Å². The molecule has 1 aromatic rings. The van der Waals surface area contributed by atoms with E-state index in [4.69, 9.17) is 9.31 Å². The van der Waals surface area contributed by atoms with E-state index in [9.17, 15) is 0 Å². The predicted octanol–water partition coefficient (Wildman–Crippen LogP) is 4.75. The molecule has 2 rings (SSSR count). The van der Waals surface area contributed by atoms with Gasteiger partial charge in [-0.3, -0.25) is 0 Å².